The summed E-state index contributed by atoms with van der Waals surface area (Å²) < 4.78 is 0. The van der Waals surface area contributed by atoms with Crippen molar-refractivity contribution in [1.29, 1.82) is 0 Å². The van der Waals surface area contributed by atoms with Crippen LogP contribution in [0.15, 0.2) is 12.1 Å². The molecule has 0 nitrogen and oxygen atoms in total. The Balaban J connectivity index is 1.98. The van der Waals surface area contributed by atoms with E-state index >= 15 is 0 Å². The van der Waals surface area contributed by atoms with Crippen molar-refractivity contribution in [2.24, 2.45) is 11.8 Å². The molecular weight excluding hydrogens is 204 g/mol. The average Bonchev–Trinajstić information content (AvgIpc) is 2.30. The summed E-state index contributed by atoms with van der Waals surface area (Å²) in [6.45, 7) is 6.96. The monoisotopic (exact) mass is 228 g/mol. The zero-order valence-corrected chi connectivity index (χ0v) is 11.4. The maximum absolute atomic E-state index is 2.50. The molecule has 92 valence electrons. The smallest absolute Gasteiger partial charge is 0.0130 e. The standard InChI is InChI=1S/C17H24/c1-11-4-7-16-14(8-11)5-6-15-9-12(2)13(3)10-17(15)16/h9-11,14,16H,4-8H2,1-3H3. The normalized spacial score (nSPS) is 31.8. The van der Waals surface area contributed by atoms with E-state index in [-0.39, 0.29) is 0 Å². The Morgan fingerprint density at radius 3 is 2.59 bits per heavy atom. The summed E-state index contributed by atoms with van der Waals surface area (Å²) in [7, 11) is 0. The van der Waals surface area contributed by atoms with Crippen LogP contribution < -0.4 is 0 Å². The molecule has 1 saturated carbocycles. The highest BCUT2D eigenvalue weighted by atomic mass is 14.4. The van der Waals surface area contributed by atoms with Crippen molar-refractivity contribution in [3.63, 3.8) is 0 Å². The molecule has 0 heteroatoms. The molecule has 0 spiro atoms. The predicted molar refractivity (Wildman–Crippen MR) is 73.5 cm³/mol. The van der Waals surface area contributed by atoms with Crippen molar-refractivity contribution in [3.05, 3.63) is 34.4 Å². The maximum atomic E-state index is 2.50. The Bertz CT molecular complexity index is 430. The molecule has 1 aromatic rings. The lowest BCUT2D eigenvalue weighted by molar-refractivity contribution is 0.221. The fraction of sp³-hybridized carbons (Fsp3) is 0.647. The highest BCUT2D eigenvalue weighted by molar-refractivity contribution is 5.41. The van der Waals surface area contributed by atoms with Gasteiger partial charge < -0.3 is 0 Å². The van der Waals surface area contributed by atoms with Gasteiger partial charge in [-0.2, -0.15) is 0 Å². The minimum atomic E-state index is 0.884. The average molecular weight is 228 g/mol. The van der Waals surface area contributed by atoms with E-state index in [1.807, 2.05) is 0 Å². The second-order valence-electron chi connectivity index (χ2n) is 6.46. The van der Waals surface area contributed by atoms with Crippen LogP contribution in [0.1, 0.15) is 60.8 Å². The van der Waals surface area contributed by atoms with Crippen LogP contribution in [0, 0.1) is 25.7 Å². The molecule has 0 radical (unpaired) electrons. The highest BCUT2D eigenvalue weighted by Gasteiger charge is 2.33. The fourth-order valence-corrected chi connectivity index (χ4v) is 4.03. The van der Waals surface area contributed by atoms with E-state index in [1.54, 1.807) is 11.1 Å². The predicted octanol–water partition coefficient (Wildman–Crippen LogP) is 4.77. The van der Waals surface area contributed by atoms with Gasteiger partial charge in [-0.25, -0.2) is 0 Å². The molecule has 2 aliphatic carbocycles. The summed E-state index contributed by atoms with van der Waals surface area (Å²) >= 11 is 0. The molecule has 0 heterocycles. The van der Waals surface area contributed by atoms with Crippen LogP contribution in [-0.4, -0.2) is 0 Å². The van der Waals surface area contributed by atoms with Gasteiger partial charge in [-0.05, 0) is 79.5 Å². The van der Waals surface area contributed by atoms with E-state index in [1.165, 1.54) is 43.2 Å². The molecule has 17 heavy (non-hydrogen) atoms. The molecule has 2 aliphatic rings. The van der Waals surface area contributed by atoms with Gasteiger partial charge in [-0.15, -0.1) is 0 Å². The molecule has 1 aromatic carbocycles. The van der Waals surface area contributed by atoms with Crippen LogP contribution in [0.2, 0.25) is 0 Å². The summed E-state index contributed by atoms with van der Waals surface area (Å²) in [5, 5.41) is 0. The van der Waals surface area contributed by atoms with Crippen LogP contribution in [0.25, 0.3) is 0 Å². The summed E-state index contributed by atoms with van der Waals surface area (Å²) in [6.07, 6.45) is 7.10. The lowest BCUT2D eigenvalue weighted by Gasteiger charge is -2.40. The number of hydrogen-bond donors (Lipinski definition) is 0. The zero-order chi connectivity index (χ0) is 12.0. The third kappa shape index (κ3) is 1.92. The lowest BCUT2D eigenvalue weighted by Crippen LogP contribution is -2.27. The molecule has 0 saturated heterocycles. The van der Waals surface area contributed by atoms with Crippen molar-refractivity contribution >= 4 is 0 Å². The topological polar surface area (TPSA) is 0 Å². The Morgan fingerprint density at radius 1 is 1.00 bits per heavy atom. The minimum Gasteiger partial charge on any atom is -0.0625 e. The first-order valence-corrected chi connectivity index (χ1v) is 7.25. The van der Waals surface area contributed by atoms with Crippen LogP contribution >= 0.6 is 0 Å². The first-order chi connectivity index (χ1) is 8.15. The number of fused-ring (bicyclic) bond motifs is 3. The van der Waals surface area contributed by atoms with E-state index < -0.39 is 0 Å². The van der Waals surface area contributed by atoms with Crippen molar-refractivity contribution in [2.45, 2.75) is 58.8 Å². The van der Waals surface area contributed by atoms with E-state index in [0.29, 0.717) is 0 Å². The van der Waals surface area contributed by atoms with Gasteiger partial charge in [-0.1, -0.05) is 25.5 Å². The number of benzene rings is 1. The van der Waals surface area contributed by atoms with Gasteiger partial charge in [0.1, 0.15) is 0 Å². The maximum Gasteiger partial charge on any atom is -0.0130 e. The zero-order valence-electron chi connectivity index (χ0n) is 11.4. The third-order valence-electron chi connectivity index (χ3n) is 5.18. The first kappa shape index (κ1) is 11.3. The number of aryl methyl sites for hydroxylation is 3. The molecule has 0 aromatic heterocycles. The van der Waals surface area contributed by atoms with Crippen molar-refractivity contribution < 1.29 is 0 Å². The summed E-state index contributed by atoms with van der Waals surface area (Å²) in [5.41, 5.74) is 6.33. The molecule has 3 atom stereocenters. The van der Waals surface area contributed by atoms with Crippen LogP contribution in [0.3, 0.4) is 0 Å². The summed E-state index contributed by atoms with van der Waals surface area (Å²) in [4.78, 5) is 0. The Labute approximate surface area is 105 Å². The highest BCUT2D eigenvalue weighted by Crippen LogP contribution is 2.47. The third-order valence-corrected chi connectivity index (χ3v) is 5.18. The van der Waals surface area contributed by atoms with E-state index in [9.17, 15) is 0 Å². The van der Waals surface area contributed by atoms with Crippen LogP contribution in [0.5, 0.6) is 0 Å². The molecule has 3 rings (SSSR count). The molecule has 0 bridgehead atoms. The van der Waals surface area contributed by atoms with Gasteiger partial charge in [0.25, 0.3) is 0 Å². The van der Waals surface area contributed by atoms with Crippen molar-refractivity contribution in [3.8, 4) is 0 Å². The van der Waals surface area contributed by atoms with Crippen LogP contribution in [0.4, 0.5) is 0 Å². The van der Waals surface area contributed by atoms with E-state index in [0.717, 1.165) is 17.8 Å². The minimum absolute atomic E-state index is 0.884. The van der Waals surface area contributed by atoms with Gasteiger partial charge in [0.15, 0.2) is 0 Å². The molecule has 0 N–H and O–H groups in total. The van der Waals surface area contributed by atoms with E-state index in [4.69, 9.17) is 0 Å². The Morgan fingerprint density at radius 2 is 1.76 bits per heavy atom. The Hall–Kier alpha value is -0.780. The van der Waals surface area contributed by atoms with Crippen LogP contribution in [-0.2, 0) is 6.42 Å². The Kier molecular flexibility index (Phi) is 2.77. The SMILES string of the molecule is Cc1cc2c(cc1C)C1CCC(C)CC1CC2. The van der Waals surface area contributed by atoms with Crippen molar-refractivity contribution in [2.75, 3.05) is 0 Å². The molecule has 0 aliphatic heterocycles. The largest absolute Gasteiger partial charge is 0.0625 e. The van der Waals surface area contributed by atoms with Gasteiger partial charge in [0.2, 0.25) is 0 Å². The molecule has 1 fully saturated rings. The van der Waals surface area contributed by atoms with Gasteiger partial charge in [0.05, 0.1) is 0 Å². The first-order valence-electron chi connectivity index (χ1n) is 7.25. The second-order valence-corrected chi connectivity index (χ2v) is 6.46. The molecule has 3 unspecified atom stereocenters. The van der Waals surface area contributed by atoms with Gasteiger partial charge >= 0.3 is 0 Å². The van der Waals surface area contributed by atoms with Crippen molar-refractivity contribution in [1.82, 2.24) is 0 Å². The van der Waals surface area contributed by atoms with E-state index in [2.05, 4.69) is 32.9 Å². The van der Waals surface area contributed by atoms with Gasteiger partial charge in [-0.3, -0.25) is 0 Å². The number of rotatable bonds is 0. The summed E-state index contributed by atoms with van der Waals surface area (Å²) in [5.74, 6) is 2.83. The second kappa shape index (κ2) is 4.15. The lowest BCUT2D eigenvalue weighted by atomic mass is 9.65. The summed E-state index contributed by atoms with van der Waals surface area (Å²) in [6, 6.07) is 4.95. The van der Waals surface area contributed by atoms with Gasteiger partial charge in [0, 0.05) is 0 Å². The fourth-order valence-electron chi connectivity index (χ4n) is 4.03. The molecule has 0 amide bonds. The molecular formula is C17H24. The number of hydrogen-bond acceptors (Lipinski definition) is 0. The quantitative estimate of drug-likeness (QED) is 0.600.